The van der Waals surface area contributed by atoms with Crippen molar-refractivity contribution >= 4 is 5.91 Å². The Kier molecular flexibility index (Phi) is 5.31. The number of rotatable bonds is 3. The number of carbonyl (C=O) groups excluding carboxylic acids is 1. The molecule has 26 heavy (non-hydrogen) atoms. The fraction of sp³-hybridized carbons (Fsp3) is 0.650. The van der Waals surface area contributed by atoms with E-state index in [0.29, 0.717) is 5.69 Å². The van der Waals surface area contributed by atoms with Gasteiger partial charge in [-0.15, -0.1) is 0 Å². The zero-order valence-corrected chi connectivity index (χ0v) is 15.3. The van der Waals surface area contributed by atoms with Crippen LogP contribution in [-0.2, 0) is 4.74 Å². The van der Waals surface area contributed by atoms with Crippen molar-refractivity contribution in [1.29, 1.82) is 0 Å². The largest absolute Gasteiger partial charge is 0.372 e. The molecule has 0 N–H and O–H groups in total. The average molecular weight is 356 g/mol. The first kappa shape index (κ1) is 17.6. The predicted molar refractivity (Wildman–Crippen MR) is 98.8 cm³/mol. The first-order valence-electron chi connectivity index (χ1n) is 9.81. The maximum absolute atomic E-state index is 12.6. The van der Waals surface area contributed by atoms with E-state index in [1.54, 1.807) is 18.6 Å². The van der Waals surface area contributed by atoms with Gasteiger partial charge < -0.3 is 9.64 Å². The molecule has 2 saturated heterocycles. The van der Waals surface area contributed by atoms with Crippen LogP contribution >= 0.6 is 0 Å². The number of hydrogen-bond acceptors (Lipinski definition) is 5. The van der Waals surface area contributed by atoms with E-state index < -0.39 is 0 Å². The highest BCUT2D eigenvalue weighted by Crippen LogP contribution is 2.31. The Hall–Kier alpha value is -1.79. The van der Waals surface area contributed by atoms with E-state index >= 15 is 0 Å². The Morgan fingerprint density at radius 2 is 2.12 bits per heavy atom. The van der Waals surface area contributed by atoms with Crippen molar-refractivity contribution in [1.82, 2.24) is 19.8 Å². The quantitative estimate of drug-likeness (QED) is 0.777. The number of aromatic nitrogens is 2. The molecule has 0 radical (unpaired) electrons. The number of allylic oxidation sites excluding steroid dienone is 2. The third-order valence-corrected chi connectivity index (χ3v) is 5.97. The minimum atomic E-state index is -0.0814. The van der Waals surface area contributed by atoms with E-state index in [9.17, 15) is 4.79 Å². The Labute approximate surface area is 155 Å². The first-order valence-corrected chi connectivity index (χ1v) is 9.81. The van der Waals surface area contributed by atoms with Crippen LogP contribution in [-0.4, -0.2) is 70.6 Å². The number of morpholine rings is 1. The van der Waals surface area contributed by atoms with Crippen molar-refractivity contribution in [2.75, 3.05) is 39.3 Å². The normalized spacial score (nSPS) is 26.2. The van der Waals surface area contributed by atoms with Gasteiger partial charge in [0.2, 0.25) is 0 Å². The van der Waals surface area contributed by atoms with Gasteiger partial charge in [0.15, 0.2) is 0 Å². The molecule has 1 aromatic rings. The lowest BCUT2D eigenvalue weighted by atomic mass is 9.88. The predicted octanol–water partition coefficient (Wildman–Crippen LogP) is 2.14. The molecule has 1 aliphatic carbocycles. The van der Waals surface area contributed by atoms with Crippen LogP contribution in [0, 0.1) is 5.92 Å². The highest BCUT2D eigenvalue weighted by molar-refractivity contribution is 5.92. The van der Waals surface area contributed by atoms with Gasteiger partial charge in [0, 0.05) is 45.1 Å². The molecular formula is C20H28N4O2. The minimum absolute atomic E-state index is 0.0189. The Bertz CT molecular complexity index is 640. The fourth-order valence-corrected chi connectivity index (χ4v) is 4.46. The lowest BCUT2D eigenvalue weighted by Gasteiger charge is -2.48. The molecule has 0 aromatic carbocycles. The van der Waals surface area contributed by atoms with Gasteiger partial charge in [0.25, 0.3) is 5.91 Å². The van der Waals surface area contributed by atoms with Crippen LogP contribution in [0.1, 0.15) is 42.6 Å². The Balaban J connectivity index is 1.32. The number of likely N-dealkylation sites (tertiary alicyclic amines) is 1. The number of nitrogens with zero attached hydrogens (tertiary/aromatic N) is 4. The SMILES string of the molecule is O=C(c1cnccn1)N1CCC2(CC1)CN(CC1CC=CCC1)CCO2. The molecule has 1 aromatic heterocycles. The van der Waals surface area contributed by atoms with E-state index in [1.807, 2.05) is 4.90 Å². The molecular weight excluding hydrogens is 328 g/mol. The second-order valence-corrected chi connectivity index (χ2v) is 7.80. The summed E-state index contributed by atoms with van der Waals surface area (Å²) in [6.45, 7) is 5.48. The standard InChI is InChI=1S/C20H28N4O2/c25-19(18-14-21-8-9-22-18)24-10-6-20(7-11-24)16-23(12-13-26-20)15-17-4-2-1-3-5-17/h1-2,8-9,14,17H,3-7,10-13,15-16H2. The van der Waals surface area contributed by atoms with Crippen molar-refractivity contribution < 1.29 is 9.53 Å². The van der Waals surface area contributed by atoms with Gasteiger partial charge in [-0.1, -0.05) is 12.2 Å². The van der Waals surface area contributed by atoms with E-state index in [4.69, 9.17) is 4.74 Å². The molecule has 0 saturated carbocycles. The topological polar surface area (TPSA) is 58.6 Å². The summed E-state index contributed by atoms with van der Waals surface area (Å²) in [7, 11) is 0. The Morgan fingerprint density at radius 3 is 2.85 bits per heavy atom. The van der Waals surface area contributed by atoms with Gasteiger partial charge in [-0.2, -0.15) is 0 Å². The van der Waals surface area contributed by atoms with Crippen LogP contribution in [0.3, 0.4) is 0 Å². The molecule has 2 aliphatic heterocycles. The molecule has 1 atom stereocenters. The van der Waals surface area contributed by atoms with Crippen molar-refractivity contribution in [3.8, 4) is 0 Å². The third kappa shape index (κ3) is 3.96. The van der Waals surface area contributed by atoms with E-state index in [0.717, 1.165) is 51.5 Å². The number of ether oxygens (including phenoxy) is 1. The molecule has 3 heterocycles. The molecule has 0 bridgehead atoms. The number of hydrogen-bond donors (Lipinski definition) is 0. The molecule has 3 aliphatic rings. The van der Waals surface area contributed by atoms with Crippen LogP contribution < -0.4 is 0 Å². The van der Waals surface area contributed by atoms with E-state index in [2.05, 4.69) is 27.0 Å². The molecule has 1 amide bonds. The Morgan fingerprint density at radius 1 is 1.23 bits per heavy atom. The fourth-order valence-electron chi connectivity index (χ4n) is 4.46. The lowest BCUT2D eigenvalue weighted by molar-refractivity contribution is -0.134. The van der Waals surface area contributed by atoms with Gasteiger partial charge in [-0.3, -0.25) is 14.7 Å². The van der Waals surface area contributed by atoms with Crippen molar-refractivity contribution in [2.24, 2.45) is 5.92 Å². The number of carbonyl (C=O) groups is 1. The maximum Gasteiger partial charge on any atom is 0.274 e. The number of piperidine rings is 1. The summed E-state index contributed by atoms with van der Waals surface area (Å²) in [6, 6.07) is 0. The number of amides is 1. The molecule has 6 heteroatoms. The molecule has 1 unspecified atom stereocenters. The highest BCUT2D eigenvalue weighted by atomic mass is 16.5. The summed E-state index contributed by atoms with van der Waals surface area (Å²) in [5.41, 5.74) is 0.349. The lowest BCUT2D eigenvalue weighted by Crippen LogP contribution is -2.58. The van der Waals surface area contributed by atoms with Crippen LogP contribution in [0.5, 0.6) is 0 Å². The van der Waals surface area contributed by atoms with E-state index in [1.165, 1.54) is 25.8 Å². The summed E-state index contributed by atoms with van der Waals surface area (Å²) in [5, 5.41) is 0. The van der Waals surface area contributed by atoms with Crippen molar-refractivity contribution in [3.63, 3.8) is 0 Å². The minimum Gasteiger partial charge on any atom is -0.372 e. The molecule has 6 nitrogen and oxygen atoms in total. The second kappa shape index (κ2) is 7.84. The molecule has 2 fully saturated rings. The highest BCUT2D eigenvalue weighted by Gasteiger charge is 2.41. The maximum atomic E-state index is 12.6. The van der Waals surface area contributed by atoms with Crippen LogP contribution in [0.4, 0.5) is 0 Å². The molecule has 4 rings (SSSR count). The van der Waals surface area contributed by atoms with Crippen LogP contribution in [0.15, 0.2) is 30.7 Å². The zero-order chi connectivity index (χ0) is 17.8. The average Bonchev–Trinajstić information content (AvgIpc) is 2.70. The summed E-state index contributed by atoms with van der Waals surface area (Å²) in [5.74, 6) is 0.767. The van der Waals surface area contributed by atoms with Gasteiger partial charge in [-0.25, -0.2) is 4.98 Å². The molecule has 140 valence electrons. The summed E-state index contributed by atoms with van der Waals surface area (Å²) >= 11 is 0. The van der Waals surface area contributed by atoms with Crippen molar-refractivity contribution in [2.45, 2.75) is 37.7 Å². The summed E-state index contributed by atoms with van der Waals surface area (Å²) in [4.78, 5) is 25.2. The summed E-state index contributed by atoms with van der Waals surface area (Å²) in [6.07, 6.45) is 14.9. The van der Waals surface area contributed by atoms with Crippen molar-refractivity contribution in [3.05, 3.63) is 36.4 Å². The smallest absolute Gasteiger partial charge is 0.274 e. The summed E-state index contributed by atoms with van der Waals surface area (Å²) < 4.78 is 6.24. The molecule has 1 spiro atoms. The first-order chi connectivity index (χ1) is 12.7. The monoisotopic (exact) mass is 356 g/mol. The van der Waals surface area contributed by atoms with Crippen LogP contribution in [0.25, 0.3) is 0 Å². The van der Waals surface area contributed by atoms with Gasteiger partial charge in [0.1, 0.15) is 5.69 Å². The van der Waals surface area contributed by atoms with Gasteiger partial charge in [-0.05, 0) is 38.0 Å². The van der Waals surface area contributed by atoms with Crippen LogP contribution in [0.2, 0.25) is 0 Å². The van der Waals surface area contributed by atoms with E-state index in [-0.39, 0.29) is 11.5 Å². The zero-order valence-electron chi connectivity index (χ0n) is 15.3. The third-order valence-electron chi connectivity index (χ3n) is 5.97. The second-order valence-electron chi connectivity index (χ2n) is 7.80. The van der Waals surface area contributed by atoms with Gasteiger partial charge >= 0.3 is 0 Å². The van der Waals surface area contributed by atoms with Gasteiger partial charge in [0.05, 0.1) is 18.4 Å².